The highest BCUT2D eigenvalue weighted by Gasteiger charge is 2.39. The number of aliphatic imine (C=N–C) groups is 1. The third-order valence-electron chi connectivity index (χ3n) is 6.98. The molecule has 3 heterocycles. The largest absolute Gasteiger partial charge is 0.459 e. The van der Waals surface area contributed by atoms with Gasteiger partial charge in [-0.15, -0.1) is 24.0 Å². The van der Waals surface area contributed by atoms with Crippen LogP contribution in [0.5, 0.6) is 0 Å². The molecule has 2 N–H and O–H groups in total. The normalized spacial score (nSPS) is 21.5. The second-order valence-corrected chi connectivity index (χ2v) is 9.05. The minimum absolute atomic E-state index is 0. The number of fused-ring (bicyclic) bond motifs is 1. The molecule has 31 heavy (non-hydrogen) atoms. The fourth-order valence-corrected chi connectivity index (χ4v) is 4.94. The lowest BCUT2D eigenvalue weighted by molar-refractivity contribution is 0.0173. The third kappa shape index (κ3) is 5.73. The summed E-state index contributed by atoms with van der Waals surface area (Å²) in [7, 11) is 4.09. The van der Waals surface area contributed by atoms with Gasteiger partial charge in [0.15, 0.2) is 5.96 Å². The standard InChI is InChI=1S/C24H37N5O.HI/c1-19(22-17-20-9-5-6-10-21(20)30-22)27-23(25-2)26-18-24(11-15-28(3)16-12-24)29-13-7-4-8-14-29;/h5-6,9-10,17,19H,4,7-8,11-16,18H2,1-3H3,(H2,25,26,27);1H. The molecule has 0 aliphatic carbocycles. The van der Waals surface area contributed by atoms with Crippen molar-refractivity contribution in [1.82, 2.24) is 20.4 Å². The molecule has 1 unspecified atom stereocenters. The van der Waals surface area contributed by atoms with Gasteiger partial charge in [-0.05, 0) is 78.0 Å². The molecule has 4 rings (SSSR count). The van der Waals surface area contributed by atoms with Crippen LogP contribution in [-0.2, 0) is 0 Å². The van der Waals surface area contributed by atoms with Gasteiger partial charge in [-0.3, -0.25) is 9.89 Å². The van der Waals surface area contributed by atoms with E-state index in [1.807, 2.05) is 25.2 Å². The zero-order chi connectivity index (χ0) is 21.0. The van der Waals surface area contributed by atoms with Gasteiger partial charge in [0.05, 0.1) is 6.04 Å². The Labute approximate surface area is 203 Å². The van der Waals surface area contributed by atoms with Crippen LogP contribution in [0.15, 0.2) is 39.7 Å². The molecule has 2 fully saturated rings. The predicted molar refractivity (Wildman–Crippen MR) is 139 cm³/mol. The first-order valence-corrected chi connectivity index (χ1v) is 11.5. The number of benzene rings is 1. The third-order valence-corrected chi connectivity index (χ3v) is 6.98. The average molecular weight is 540 g/mol. The summed E-state index contributed by atoms with van der Waals surface area (Å²) in [5, 5.41) is 8.33. The number of nitrogens with one attached hydrogen (secondary N) is 2. The zero-order valence-corrected chi connectivity index (χ0v) is 21.5. The maximum absolute atomic E-state index is 6.04. The molecule has 2 saturated heterocycles. The van der Waals surface area contributed by atoms with Gasteiger partial charge < -0.3 is 20.0 Å². The van der Waals surface area contributed by atoms with Gasteiger partial charge in [-0.25, -0.2) is 0 Å². The Morgan fingerprint density at radius 2 is 1.84 bits per heavy atom. The number of nitrogens with zero attached hydrogens (tertiary/aromatic N) is 3. The van der Waals surface area contributed by atoms with Gasteiger partial charge in [0, 0.05) is 24.5 Å². The highest BCUT2D eigenvalue weighted by Crippen LogP contribution is 2.31. The molecular weight excluding hydrogens is 501 g/mol. The quantitative estimate of drug-likeness (QED) is 0.339. The summed E-state index contributed by atoms with van der Waals surface area (Å²) in [6.45, 7) is 7.85. The van der Waals surface area contributed by atoms with Crippen molar-refractivity contribution in [1.29, 1.82) is 0 Å². The van der Waals surface area contributed by atoms with Gasteiger partial charge in [0.25, 0.3) is 0 Å². The fraction of sp³-hybridized carbons (Fsp3) is 0.625. The summed E-state index contributed by atoms with van der Waals surface area (Å²) in [5.41, 5.74) is 1.16. The first-order chi connectivity index (χ1) is 14.6. The summed E-state index contributed by atoms with van der Waals surface area (Å²) in [6.07, 6.45) is 6.46. The van der Waals surface area contributed by atoms with Crippen LogP contribution in [0.1, 0.15) is 50.8 Å². The highest BCUT2D eigenvalue weighted by atomic mass is 127. The average Bonchev–Trinajstić information content (AvgIpc) is 3.23. The van der Waals surface area contributed by atoms with Crippen LogP contribution in [0.25, 0.3) is 11.0 Å². The van der Waals surface area contributed by atoms with E-state index in [2.05, 4.69) is 51.5 Å². The van der Waals surface area contributed by atoms with Crippen LogP contribution in [0.4, 0.5) is 0 Å². The summed E-state index contributed by atoms with van der Waals surface area (Å²) < 4.78 is 6.04. The molecule has 2 aromatic rings. The van der Waals surface area contributed by atoms with Crippen molar-refractivity contribution in [2.75, 3.05) is 46.8 Å². The Bertz CT molecular complexity index is 820. The Balaban J connectivity index is 0.00000272. The van der Waals surface area contributed by atoms with Gasteiger partial charge in [0.1, 0.15) is 11.3 Å². The van der Waals surface area contributed by atoms with Crippen LogP contribution >= 0.6 is 24.0 Å². The number of para-hydroxylation sites is 1. The number of furan rings is 1. The lowest BCUT2D eigenvalue weighted by Gasteiger charge is -2.50. The number of halogens is 1. The van der Waals surface area contributed by atoms with E-state index in [-0.39, 0.29) is 35.6 Å². The van der Waals surface area contributed by atoms with Gasteiger partial charge >= 0.3 is 0 Å². The summed E-state index contributed by atoms with van der Waals surface area (Å²) in [4.78, 5) is 9.72. The Hall–Kier alpha value is -1.32. The molecule has 0 amide bonds. The molecule has 2 aliphatic rings. The smallest absolute Gasteiger partial charge is 0.191 e. The molecule has 7 heteroatoms. The Morgan fingerprint density at radius 3 is 2.52 bits per heavy atom. The zero-order valence-electron chi connectivity index (χ0n) is 19.2. The molecule has 172 valence electrons. The maximum atomic E-state index is 6.04. The van der Waals surface area contributed by atoms with E-state index in [0.29, 0.717) is 0 Å². The number of piperidine rings is 2. The van der Waals surface area contributed by atoms with Gasteiger partial charge in [0.2, 0.25) is 0 Å². The Morgan fingerprint density at radius 1 is 1.13 bits per heavy atom. The first kappa shape index (κ1) is 24.3. The molecule has 0 saturated carbocycles. The minimum Gasteiger partial charge on any atom is -0.459 e. The second-order valence-electron chi connectivity index (χ2n) is 9.05. The number of guanidine groups is 1. The molecular formula is C24H38IN5O. The molecule has 0 radical (unpaired) electrons. The van der Waals surface area contributed by atoms with E-state index in [9.17, 15) is 0 Å². The monoisotopic (exact) mass is 539 g/mol. The van der Waals surface area contributed by atoms with Crippen molar-refractivity contribution >= 4 is 40.9 Å². The summed E-state index contributed by atoms with van der Waals surface area (Å²) in [5.74, 6) is 1.78. The first-order valence-electron chi connectivity index (χ1n) is 11.5. The SMILES string of the molecule is CN=C(NCC1(N2CCCCC2)CCN(C)CC1)NC(C)c1cc2ccccc2o1.I. The number of hydrogen-bond donors (Lipinski definition) is 2. The van der Waals surface area contributed by atoms with E-state index >= 15 is 0 Å². The highest BCUT2D eigenvalue weighted by molar-refractivity contribution is 14.0. The van der Waals surface area contributed by atoms with Crippen molar-refractivity contribution in [3.05, 3.63) is 36.1 Å². The van der Waals surface area contributed by atoms with E-state index in [1.54, 1.807) is 0 Å². The van der Waals surface area contributed by atoms with E-state index < -0.39 is 0 Å². The van der Waals surface area contributed by atoms with E-state index in [0.717, 1.165) is 29.2 Å². The molecule has 1 aromatic heterocycles. The number of likely N-dealkylation sites (tertiary alicyclic amines) is 2. The second kappa shape index (κ2) is 11.0. The van der Waals surface area contributed by atoms with Crippen molar-refractivity contribution in [2.24, 2.45) is 4.99 Å². The molecule has 0 spiro atoms. The maximum Gasteiger partial charge on any atom is 0.191 e. The lowest BCUT2D eigenvalue weighted by atomic mass is 9.84. The molecule has 0 bridgehead atoms. The van der Waals surface area contributed by atoms with Crippen LogP contribution in [-0.4, -0.2) is 68.1 Å². The van der Waals surface area contributed by atoms with E-state index in [4.69, 9.17) is 4.42 Å². The molecule has 1 aromatic carbocycles. The fourth-order valence-electron chi connectivity index (χ4n) is 4.94. The lowest BCUT2D eigenvalue weighted by Crippen LogP contribution is -2.62. The van der Waals surface area contributed by atoms with Crippen molar-refractivity contribution in [3.63, 3.8) is 0 Å². The van der Waals surface area contributed by atoms with Crippen LogP contribution < -0.4 is 10.6 Å². The van der Waals surface area contributed by atoms with Crippen molar-refractivity contribution in [2.45, 2.75) is 50.6 Å². The topological polar surface area (TPSA) is 56.0 Å². The van der Waals surface area contributed by atoms with Gasteiger partial charge in [-0.2, -0.15) is 0 Å². The summed E-state index contributed by atoms with van der Waals surface area (Å²) >= 11 is 0. The van der Waals surface area contributed by atoms with Gasteiger partial charge in [-0.1, -0.05) is 24.6 Å². The van der Waals surface area contributed by atoms with Crippen molar-refractivity contribution < 1.29 is 4.42 Å². The number of hydrogen-bond acceptors (Lipinski definition) is 4. The number of rotatable bonds is 5. The van der Waals surface area contributed by atoms with E-state index in [1.165, 1.54) is 58.3 Å². The van der Waals surface area contributed by atoms with Crippen LogP contribution in [0, 0.1) is 0 Å². The minimum atomic E-state index is 0. The van der Waals surface area contributed by atoms with Crippen molar-refractivity contribution in [3.8, 4) is 0 Å². The summed E-state index contributed by atoms with van der Waals surface area (Å²) in [6, 6.07) is 10.3. The predicted octanol–water partition coefficient (Wildman–Crippen LogP) is 4.23. The van der Waals surface area contributed by atoms with Crippen LogP contribution in [0.2, 0.25) is 0 Å². The Kier molecular flexibility index (Phi) is 8.64. The molecule has 6 nitrogen and oxygen atoms in total. The molecule has 2 aliphatic heterocycles. The van der Waals surface area contributed by atoms with Crippen LogP contribution in [0.3, 0.4) is 0 Å². The molecule has 1 atom stereocenters.